The standard InChI is InChI=1S/CH3ClFSi/c1-4(2)3/h1H3. The Bertz CT molecular complexity index is 12.8. The molecule has 0 nitrogen and oxygen atoms in total. The van der Waals surface area contributed by atoms with Gasteiger partial charge in [-0.3, -0.25) is 4.11 Å². The molecule has 0 heterocycles. The molecule has 0 aromatic heterocycles. The van der Waals surface area contributed by atoms with Crippen LogP contribution < -0.4 is 0 Å². The van der Waals surface area contributed by atoms with Crippen LogP contribution in [-0.2, 0) is 0 Å². The predicted molar refractivity (Wildman–Crippen MR) is 18.6 cm³/mol. The highest BCUT2D eigenvalue weighted by atomic mass is 35.6. The van der Waals surface area contributed by atoms with Gasteiger partial charge in [-0.2, -0.15) is 0 Å². The number of rotatable bonds is 0. The smallest absolute Gasteiger partial charge is 0.293 e. The molecule has 0 aromatic rings. The van der Waals surface area contributed by atoms with Gasteiger partial charge in [0.1, 0.15) is 0 Å². The minimum Gasteiger partial charge on any atom is -0.293 e. The summed E-state index contributed by atoms with van der Waals surface area (Å²) >= 11 is 4.71. The number of hydrogen-bond donors (Lipinski definition) is 0. The first-order chi connectivity index (χ1) is 1.73. The van der Waals surface area contributed by atoms with Crippen molar-refractivity contribution in [2.24, 2.45) is 0 Å². The van der Waals surface area contributed by atoms with Crippen LogP contribution in [0.5, 0.6) is 0 Å². The Hall–Kier alpha value is 0.437. The minimum atomic E-state index is -1.91. The molecule has 0 aromatic carbocycles. The lowest BCUT2D eigenvalue weighted by Crippen LogP contribution is -1.76. The Morgan fingerprint density at radius 2 is 2.00 bits per heavy atom. The minimum absolute atomic E-state index is 1.37. The molecule has 0 aliphatic rings. The zero-order chi connectivity index (χ0) is 3.58. The Kier molecular flexibility index (Phi) is 1.92. The molecule has 0 bridgehead atoms. The second kappa shape index (κ2) is 1.73. The van der Waals surface area contributed by atoms with E-state index < -0.39 is 8.44 Å². The van der Waals surface area contributed by atoms with Gasteiger partial charge in [0.25, 0.3) is 0 Å². The molecule has 0 aliphatic heterocycles. The van der Waals surface area contributed by atoms with Gasteiger partial charge in [-0.15, -0.1) is 11.1 Å². The van der Waals surface area contributed by atoms with Crippen molar-refractivity contribution in [2.75, 3.05) is 0 Å². The van der Waals surface area contributed by atoms with Crippen molar-refractivity contribution in [3.8, 4) is 0 Å². The first-order valence-corrected chi connectivity index (χ1v) is 3.77. The van der Waals surface area contributed by atoms with Crippen molar-refractivity contribution in [3.05, 3.63) is 0 Å². The van der Waals surface area contributed by atoms with Crippen molar-refractivity contribution in [1.82, 2.24) is 0 Å². The molecule has 4 heavy (non-hydrogen) atoms. The van der Waals surface area contributed by atoms with E-state index in [1.54, 1.807) is 0 Å². The molecule has 0 fully saturated rings. The van der Waals surface area contributed by atoms with Gasteiger partial charge in [0.15, 0.2) is 0 Å². The Labute approximate surface area is 31.1 Å². The molecule has 3 heteroatoms. The fourth-order valence-corrected chi connectivity index (χ4v) is 0. The quantitative estimate of drug-likeness (QED) is 0.316. The van der Waals surface area contributed by atoms with Crippen LogP contribution >= 0.6 is 11.1 Å². The highest BCUT2D eigenvalue weighted by Gasteiger charge is 1.87. The largest absolute Gasteiger partial charge is 0.373 e. The first-order valence-electron chi connectivity index (χ1n) is 0.878. The lowest BCUT2D eigenvalue weighted by molar-refractivity contribution is 0.867. The fourth-order valence-electron chi connectivity index (χ4n) is 0. The van der Waals surface area contributed by atoms with Crippen LogP contribution in [0.2, 0.25) is 6.55 Å². The van der Waals surface area contributed by atoms with E-state index in [2.05, 4.69) is 0 Å². The number of hydrogen-bond acceptors (Lipinski definition) is 0. The van der Waals surface area contributed by atoms with Crippen molar-refractivity contribution in [3.63, 3.8) is 0 Å². The first kappa shape index (κ1) is 4.44. The maximum absolute atomic E-state index is 10.9. The number of halogens is 2. The third kappa shape index (κ3) is 26.4. The van der Waals surface area contributed by atoms with E-state index in [-0.39, 0.29) is 0 Å². The van der Waals surface area contributed by atoms with Gasteiger partial charge in [0.2, 0.25) is 0 Å². The Morgan fingerprint density at radius 3 is 2.00 bits per heavy atom. The van der Waals surface area contributed by atoms with Crippen molar-refractivity contribution >= 4 is 19.5 Å². The zero-order valence-corrected chi connectivity index (χ0v) is 4.01. The Morgan fingerprint density at radius 1 is 2.00 bits per heavy atom. The van der Waals surface area contributed by atoms with Crippen LogP contribution in [0.4, 0.5) is 4.11 Å². The zero-order valence-electron chi connectivity index (χ0n) is 2.26. The van der Waals surface area contributed by atoms with Gasteiger partial charge in [0.05, 0.1) is 0 Å². The molecule has 0 aliphatic carbocycles. The third-order valence-corrected chi connectivity index (χ3v) is 0. The van der Waals surface area contributed by atoms with E-state index in [0.717, 1.165) is 0 Å². The van der Waals surface area contributed by atoms with Crippen LogP contribution in [-0.4, -0.2) is 8.44 Å². The molecule has 25 valence electrons. The monoisotopic (exact) mass is 97.0 g/mol. The highest BCUT2D eigenvalue weighted by molar-refractivity contribution is 7.02. The molecule has 0 spiro atoms. The van der Waals surface area contributed by atoms with Crippen molar-refractivity contribution < 1.29 is 4.11 Å². The lowest BCUT2D eigenvalue weighted by Gasteiger charge is -1.64. The summed E-state index contributed by atoms with van der Waals surface area (Å²) in [6, 6.07) is 0. The summed E-state index contributed by atoms with van der Waals surface area (Å²) in [6.07, 6.45) is 0. The molecule has 0 saturated heterocycles. The van der Waals surface area contributed by atoms with E-state index in [9.17, 15) is 4.11 Å². The van der Waals surface area contributed by atoms with Gasteiger partial charge in [-0.1, -0.05) is 0 Å². The average Bonchev–Trinajstić information content (AvgIpc) is 0.811. The van der Waals surface area contributed by atoms with E-state index in [0.29, 0.717) is 0 Å². The molecule has 0 saturated carbocycles. The molecular weight excluding hydrogens is 94.5 g/mol. The highest BCUT2D eigenvalue weighted by Crippen LogP contribution is 1.83. The molecule has 0 atom stereocenters. The summed E-state index contributed by atoms with van der Waals surface area (Å²) in [5, 5.41) is 0. The second-order valence-corrected chi connectivity index (χ2v) is 2.91. The van der Waals surface area contributed by atoms with Gasteiger partial charge < -0.3 is 0 Å². The topological polar surface area (TPSA) is 0 Å². The SMILES string of the molecule is C[Si](F)Cl. The lowest BCUT2D eigenvalue weighted by atomic mass is 11.9. The third-order valence-electron chi connectivity index (χ3n) is 0. The van der Waals surface area contributed by atoms with Gasteiger partial charge in [-0.05, 0) is 6.55 Å². The van der Waals surface area contributed by atoms with E-state index in [1.165, 1.54) is 6.55 Å². The van der Waals surface area contributed by atoms with E-state index >= 15 is 0 Å². The normalized spacial score (nSPS) is 9.00. The summed E-state index contributed by atoms with van der Waals surface area (Å²) in [6.45, 7) is 1.37. The molecule has 0 rings (SSSR count). The summed E-state index contributed by atoms with van der Waals surface area (Å²) in [5.41, 5.74) is 0. The average molecular weight is 97.6 g/mol. The summed E-state index contributed by atoms with van der Waals surface area (Å²) in [5.74, 6) is 0. The summed E-state index contributed by atoms with van der Waals surface area (Å²) in [7, 11) is -1.91. The van der Waals surface area contributed by atoms with E-state index in [1.807, 2.05) is 0 Å². The summed E-state index contributed by atoms with van der Waals surface area (Å²) in [4.78, 5) is 0. The molecular formula is CH3ClFSi. The second-order valence-electron chi connectivity index (χ2n) is 0.449. The van der Waals surface area contributed by atoms with Crippen LogP contribution in [0.3, 0.4) is 0 Å². The maximum Gasteiger partial charge on any atom is 0.373 e. The van der Waals surface area contributed by atoms with E-state index in [4.69, 9.17) is 11.1 Å². The van der Waals surface area contributed by atoms with Crippen LogP contribution in [0, 0.1) is 0 Å². The predicted octanol–water partition coefficient (Wildman–Crippen LogP) is 1.31. The fraction of sp³-hybridized carbons (Fsp3) is 1.00. The van der Waals surface area contributed by atoms with Crippen LogP contribution in [0.1, 0.15) is 0 Å². The molecule has 1 radical (unpaired) electrons. The summed E-state index contributed by atoms with van der Waals surface area (Å²) < 4.78 is 10.9. The van der Waals surface area contributed by atoms with Gasteiger partial charge in [-0.25, -0.2) is 0 Å². The Balaban J connectivity index is 2.32. The molecule has 0 amide bonds. The van der Waals surface area contributed by atoms with Crippen LogP contribution in [0.15, 0.2) is 0 Å². The van der Waals surface area contributed by atoms with Crippen LogP contribution in [0.25, 0.3) is 0 Å². The van der Waals surface area contributed by atoms with Gasteiger partial charge >= 0.3 is 8.44 Å². The molecule has 0 unspecified atom stereocenters. The van der Waals surface area contributed by atoms with Crippen molar-refractivity contribution in [2.45, 2.75) is 6.55 Å². The maximum atomic E-state index is 10.9. The molecule has 0 N–H and O–H groups in total. The van der Waals surface area contributed by atoms with Crippen molar-refractivity contribution in [1.29, 1.82) is 0 Å². The van der Waals surface area contributed by atoms with Gasteiger partial charge in [0, 0.05) is 0 Å².